The summed E-state index contributed by atoms with van der Waals surface area (Å²) < 4.78 is 27.0. The van der Waals surface area contributed by atoms with Crippen LogP contribution in [0.2, 0.25) is 0 Å². The zero-order valence-corrected chi connectivity index (χ0v) is 15.6. The van der Waals surface area contributed by atoms with Gasteiger partial charge in [-0.25, -0.2) is 18.5 Å². The first-order valence-electron chi connectivity index (χ1n) is 9.38. The average Bonchev–Trinajstić information content (AvgIpc) is 3.02. The molecule has 0 spiro atoms. The zero-order chi connectivity index (χ0) is 20.5. The predicted molar refractivity (Wildman–Crippen MR) is 101 cm³/mol. The molecule has 8 heteroatoms. The molecule has 2 aromatic rings. The highest BCUT2D eigenvalue weighted by Crippen LogP contribution is 2.27. The van der Waals surface area contributed by atoms with Crippen LogP contribution in [-0.2, 0) is 4.79 Å². The number of para-hydroxylation sites is 1. The van der Waals surface area contributed by atoms with E-state index in [9.17, 15) is 23.2 Å². The number of imide groups is 1. The SMILES string of the molecule is O=C(c1ccc(F)cc1F)N1CCC(N2CC(=O)N(c3ccccc3)C2=O)CC1. The molecule has 4 amide bonds. The second kappa shape index (κ2) is 7.62. The fraction of sp³-hybridized carbons (Fsp3) is 0.286. The molecular formula is C21H19F2N3O3. The van der Waals surface area contributed by atoms with Crippen LogP contribution in [0.1, 0.15) is 23.2 Å². The van der Waals surface area contributed by atoms with E-state index in [4.69, 9.17) is 0 Å². The van der Waals surface area contributed by atoms with Gasteiger partial charge in [0.1, 0.15) is 18.2 Å². The third kappa shape index (κ3) is 3.57. The maximum absolute atomic E-state index is 13.9. The van der Waals surface area contributed by atoms with Crippen LogP contribution in [0.3, 0.4) is 0 Å². The molecule has 0 aliphatic carbocycles. The number of halogens is 2. The summed E-state index contributed by atoms with van der Waals surface area (Å²) >= 11 is 0. The summed E-state index contributed by atoms with van der Waals surface area (Å²) in [6, 6.07) is 11.1. The summed E-state index contributed by atoms with van der Waals surface area (Å²) in [4.78, 5) is 41.9. The van der Waals surface area contributed by atoms with E-state index in [0.717, 1.165) is 12.1 Å². The molecule has 2 aliphatic rings. The molecular weight excluding hydrogens is 380 g/mol. The highest BCUT2D eigenvalue weighted by atomic mass is 19.1. The van der Waals surface area contributed by atoms with Crippen molar-refractivity contribution in [2.75, 3.05) is 24.5 Å². The van der Waals surface area contributed by atoms with Crippen molar-refractivity contribution in [2.24, 2.45) is 0 Å². The van der Waals surface area contributed by atoms with Gasteiger partial charge in [0.05, 0.1) is 11.3 Å². The van der Waals surface area contributed by atoms with Gasteiger partial charge in [0.25, 0.3) is 11.8 Å². The maximum atomic E-state index is 13.9. The lowest BCUT2D eigenvalue weighted by Crippen LogP contribution is -2.48. The Labute approximate surface area is 166 Å². The fourth-order valence-electron chi connectivity index (χ4n) is 3.85. The molecule has 2 fully saturated rings. The Balaban J connectivity index is 1.41. The molecule has 0 N–H and O–H groups in total. The van der Waals surface area contributed by atoms with Crippen LogP contribution in [0.5, 0.6) is 0 Å². The number of likely N-dealkylation sites (tertiary alicyclic amines) is 1. The fourth-order valence-corrected chi connectivity index (χ4v) is 3.85. The lowest BCUT2D eigenvalue weighted by atomic mass is 10.0. The second-order valence-corrected chi connectivity index (χ2v) is 7.12. The van der Waals surface area contributed by atoms with E-state index < -0.39 is 17.5 Å². The van der Waals surface area contributed by atoms with Crippen LogP contribution in [-0.4, -0.2) is 53.3 Å². The van der Waals surface area contributed by atoms with Gasteiger partial charge >= 0.3 is 6.03 Å². The van der Waals surface area contributed by atoms with Gasteiger partial charge in [0.2, 0.25) is 0 Å². The van der Waals surface area contributed by atoms with E-state index in [1.54, 1.807) is 24.3 Å². The van der Waals surface area contributed by atoms with Gasteiger partial charge in [0.15, 0.2) is 0 Å². The number of hydrogen-bond acceptors (Lipinski definition) is 3. The molecule has 29 heavy (non-hydrogen) atoms. The Morgan fingerprint density at radius 3 is 2.31 bits per heavy atom. The minimum Gasteiger partial charge on any atom is -0.338 e. The number of hydrogen-bond donors (Lipinski definition) is 0. The van der Waals surface area contributed by atoms with Gasteiger partial charge in [-0.1, -0.05) is 18.2 Å². The zero-order valence-electron chi connectivity index (χ0n) is 15.6. The van der Waals surface area contributed by atoms with Crippen molar-refractivity contribution in [1.29, 1.82) is 0 Å². The van der Waals surface area contributed by atoms with Crippen molar-refractivity contribution in [1.82, 2.24) is 9.80 Å². The Bertz CT molecular complexity index is 959. The highest BCUT2D eigenvalue weighted by Gasteiger charge is 2.41. The van der Waals surface area contributed by atoms with Crippen LogP contribution in [0.25, 0.3) is 0 Å². The molecule has 2 aliphatic heterocycles. The number of piperidine rings is 1. The van der Waals surface area contributed by atoms with Gasteiger partial charge in [0, 0.05) is 25.2 Å². The first-order valence-corrected chi connectivity index (χ1v) is 9.38. The Morgan fingerprint density at radius 1 is 0.966 bits per heavy atom. The van der Waals surface area contributed by atoms with E-state index in [1.165, 1.54) is 14.7 Å². The number of benzene rings is 2. The Hall–Kier alpha value is -3.29. The van der Waals surface area contributed by atoms with Gasteiger partial charge in [-0.2, -0.15) is 0 Å². The largest absolute Gasteiger partial charge is 0.338 e. The molecule has 2 saturated heterocycles. The molecule has 150 valence electrons. The van der Waals surface area contributed by atoms with Crippen molar-refractivity contribution < 1.29 is 23.2 Å². The maximum Gasteiger partial charge on any atom is 0.332 e. The van der Waals surface area contributed by atoms with Gasteiger partial charge in [-0.15, -0.1) is 0 Å². The van der Waals surface area contributed by atoms with E-state index in [0.29, 0.717) is 37.7 Å². The summed E-state index contributed by atoms with van der Waals surface area (Å²) in [5.41, 5.74) is 0.358. The van der Waals surface area contributed by atoms with Crippen LogP contribution in [0.15, 0.2) is 48.5 Å². The molecule has 0 bridgehead atoms. The summed E-state index contributed by atoms with van der Waals surface area (Å²) in [7, 11) is 0. The molecule has 0 saturated carbocycles. The molecule has 4 rings (SSSR count). The van der Waals surface area contributed by atoms with Crippen LogP contribution >= 0.6 is 0 Å². The summed E-state index contributed by atoms with van der Waals surface area (Å²) in [5, 5.41) is 0. The molecule has 0 radical (unpaired) electrons. The number of nitrogens with zero attached hydrogens (tertiary/aromatic N) is 3. The monoisotopic (exact) mass is 399 g/mol. The number of urea groups is 1. The Kier molecular flexibility index (Phi) is 5.00. The molecule has 2 heterocycles. The standard InChI is InChI=1S/C21H19F2N3O3/c22-14-6-7-17(18(23)12-14)20(28)24-10-8-15(9-11-24)25-13-19(27)26(21(25)29)16-4-2-1-3-5-16/h1-7,12,15H,8-11,13H2. The van der Waals surface area contributed by atoms with Crippen molar-refractivity contribution >= 4 is 23.5 Å². The highest BCUT2D eigenvalue weighted by molar-refractivity contribution is 6.19. The van der Waals surface area contributed by atoms with Gasteiger partial charge < -0.3 is 9.80 Å². The topological polar surface area (TPSA) is 60.9 Å². The van der Waals surface area contributed by atoms with Gasteiger partial charge in [-0.05, 0) is 37.1 Å². The van der Waals surface area contributed by atoms with Crippen LogP contribution in [0, 0.1) is 11.6 Å². The molecule has 0 atom stereocenters. The molecule has 2 aromatic carbocycles. The van der Waals surface area contributed by atoms with Crippen molar-refractivity contribution in [3.63, 3.8) is 0 Å². The van der Waals surface area contributed by atoms with Crippen LogP contribution < -0.4 is 4.90 Å². The summed E-state index contributed by atoms with van der Waals surface area (Å²) in [6.07, 6.45) is 0.965. The second-order valence-electron chi connectivity index (χ2n) is 7.12. The van der Waals surface area contributed by atoms with E-state index >= 15 is 0 Å². The van der Waals surface area contributed by atoms with E-state index in [2.05, 4.69) is 0 Å². The summed E-state index contributed by atoms with van der Waals surface area (Å²) in [6.45, 7) is 0.645. The number of carbonyl (C=O) groups excluding carboxylic acids is 3. The van der Waals surface area contributed by atoms with Gasteiger partial charge in [-0.3, -0.25) is 9.59 Å². The van der Waals surface area contributed by atoms with Crippen molar-refractivity contribution in [3.05, 3.63) is 65.7 Å². The smallest absolute Gasteiger partial charge is 0.332 e. The lowest BCUT2D eigenvalue weighted by Gasteiger charge is -2.36. The average molecular weight is 399 g/mol. The Morgan fingerprint density at radius 2 is 1.66 bits per heavy atom. The number of amides is 4. The minimum absolute atomic E-state index is 0.00106. The number of carbonyl (C=O) groups is 3. The quantitative estimate of drug-likeness (QED) is 0.746. The molecule has 0 aromatic heterocycles. The lowest BCUT2D eigenvalue weighted by molar-refractivity contribution is -0.116. The first kappa shape index (κ1) is 19.0. The molecule has 0 unspecified atom stereocenters. The van der Waals surface area contributed by atoms with Crippen LogP contribution in [0.4, 0.5) is 19.3 Å². The van der Waals surface area contributed by atoms with E-state index in [1.807, 2.05) is 6.07 Å². The van der Waals surface area contributed by atoms with Crippen molar-refractivity contribution in [2.45, 2.75) is 18.9 Å². The first-order chi connectivity index (χ1) is 14.0. The molecule has 6 nitrogen and oxygen atoms in total. The predicted octanol–water partition coefficient (Wildman–Crippen LogP) is 3.04. The summed E-state index contributed by atoms with van der Waals surface area (Å²) in [5.74, 6) is -2.42. The van der Waals surface area contributed by atoms with Crippen molar-refractivity contribution in [3.8, 4) is 0 Å². The van der Waals surface area contributed by atoms with E-state index in [-0.39, 0.29) is 30.1 Å². The number of rotatable bonds is 3. The third-order valence-electron chi connectivity index (χ3n) is 5.36. The normalized spacial score (nSPS) is 17.9. The minimum atomic E-state index is -0.893. The third-order valence-corrected chi connectivity index (χ3v) is 5.36. The number of anilines is 1.